The minimum absolute atomic E-state index is 0.0711. The number of carbonyl (C=O) groups is 2. The molecule has 2 aromatic carbocycles. The van der Waals surface area contributed by atoms with Gasteiger partial charge in [0.25, 0.3) is 5.56 Å². The molecule has 1 fully saturated rings. The summed E-state index contributed by atoms with van der Waals surface area (Å²) in [6, 6.07) is 14.8. The van der Waals surface area contributed by atoms with Gasteiger partial charge in [0.2, 0.25) is 0 Å². The first-order chi connectivity index (χ1) is 20.2. The number of aliphatic hydroxyl groups is 2. The van der Waals surface area contributed by atoms with E-state index in [1.165, 1.54) is 0 Å². The number of amides is 1. The van der Waals surface area contributed by atoms with E-state index in [9.17, 15) is 29.4 Å². The number of aromatic nitrogens is 3. The maximum Gasteiger partial charge on any atom is 0.407 e. The molecule has 1 aliphatic carbocycles. The minimum atomic E-state index is -1.59. The fourth-order valence-electron chi connectivity index (χ4n) is 5.30. The van der Waals surface area contributed by atoms with Crippen molar-refractivity contribution in [1.82, 2.24) is 20.1 Å². The molecular weight excluding hydrogens is 548 g/mol. The Morgan fingerprint density at radius 2 is 1.67 bits per heavy atom. The van der Waals surface area contributed by atoms with E-state index in [2.05, 4.69) is 10.4 Å². The highest BCUT2D eigenvalue weighted by molar-refractivity contribution is 5.82. The Morgan fingerprint density at radius 3 is 2.29 bits per heavy atom. The molecule has 0 radical (unpaired) electrons. The van der Waals surface area contributed by atoms with Crippen molar-refractivity contribution in [3.63, 3.8) is 0 Å². The average Bonchev–Trinajstić information content (AvgIpc) is 3.46. The molecule has 222 valence electrons. The number of hydrogen-bond acceptors (Lipinski definition) is 10. The summed E-state index contributed by atoms with van der Waals surface area (Å²) in [5.41, 5.74) is 2.61. The monoisotopic (exact) mass is 580 g/mol. The maximum absolute atomic E-state index is 13.1. The predicted molar refractivity (Wildman–Crippen MR) is 147 cm³/mol. The summed E-state index contributed by atoms with van der Waals surface area (Å²) in [7, 11) is 0. The number of ether oxygens (including phenoxy) is 3. The fraction of sp³-hybridized carbons (Fsp3) is 0.414. The van der Waals surface area contributed by atoms with Crippen LogP contribution >= 0.6 is 0 Å². The van der Waals surface area contributed by atoms with Gasteiger partial charge in [-0.15, -0.1) is 0 Å². The highest BCUT2D eigenvalue weighted by Gasteiger charge is 2.45. The number of fused-ring (bicyclic) bond motifs is 3. The van der Waals surface area contributed by atoms with Gasteiger partial charge in [0.1, 0.15) is 43.8 Å². The van der Waals surface area contributed by atoms with Crippen LogP contribution in [0.15, 0.2) is 64.3 Å². The number of carbonyl (C=O) groups excluding carboxylic acids is 2. The van der Waals surface area contributed by atoms with Crippen LogP contribution in [0.25, 0.3) is 11.1 Å². The highest BCUT2D eigenvalue weighted by Crippen LogP contribution is 2.44. The molecule has 1 amide bonds. The van der Waals surface area contributed by atoms with Crippen molar-refractivity contribution in [1.29, 1.82) is 0 Å². The summed E-state index contributed by atoms with van der Waals surface area (Å²) in [5, 5.41) is 27.1. The summed E-state index contributed by atoms with van der Waals surface area (Å²) in [6.45, 7) is 3.21. The SMILES string of the molecule is CC[C@H](C)[C@@H](NC(=O)OCC1c2ccccc2-c2ccccc21)C(=O)OC[C@H]1O[C@@H](n2ncc(=O)[nH]c2=O)[C@H](O)[C@@H]1O. The molecule has 4 N–H and O–H groups in total. The number of alkyl carbamates (subject to hydrolysis) is 1. The fourth-order valence-corrected chi connectivity index (χ4v) is 5.30. The van der Waals surface area contributed by atoms with E-state index in [0.717, 1.165) is 28.5 Å². The average molecular weight is 581 g/mol. The van der Waals surface area contributed by atoms with Crippen LogP contribution in [0.3, 0.4) is 0 Å². The molecule has 2 heterocycles. The van der Waals surface area contributed by atoms with E-state index in [1.807, 2.05) is 60.4 Å². The number of rotatable bonds is 9. The van der Waals surface area contributed by atoms with Crippen molar-refractivity contribution in [2.75, 3.05) is 13.2 Å². The van der Waals surface area contributed by atoms with Gasteiger partial charge < -0.3 is 29.7 Å². The van der Waals surface area contributed by atoms with Crippen LogP contribution in [0.2, 0.25) is 0 Å². The second-order valence-electron chi connectivity index (χ2n) is 10.4. The first kappa shape index (κ1) is 29.2. The Hall–Kier alpha value is -4.33. The number of aliphatic hydroxyl groups excluding tert-OH is 2. The van der Waals surface area contributed by atoms with Crippen molar-refractivity contribution in [3.8, 4) is 11.1 Å². The lowest BCUT2D eigenvalue weighted by molar-refractivity contribution is -0.154. The molecule has 42 heavy (non-hydrogen) atoms. The van der Waals surface area contributed by atoms with Gasteiger partial charge in [-0.3, -0.25) is 9.78 Å². The van der Waals surface area contributed by atoms with Gasteiger partial charge in [-0.1, -0.05) is 68.8 Å². The molecule has 13 nitrogen and oxygen atoms in total. The predicted octanol–water partition coefficient (Wildman–Crippen LogP) is 1.05. The van der Waals surface area contributed by atoms with Gasteiger partial charge in [-0.2, -0.15) is 9.78 Å². The first-order valence-electron chi connectivity index (χ1n) is 13.7. The van der Waals surface area contributed by atoms with Crippen molar-refractivity contribution in [2.24, 2.45) is 5.92 Å². The summed E-state index contributed by atoms with van der Waals surface area (Å²) >= 11 is 0. The van der Waals surface area contributed by atoms with Crippen molar-refractivity contribution in [2.45, 2.75) is 56.8 Å². The molecular formula is C29H32N4O9. The summed E-state index contributed by atoms with van der Waals surface area (Å²) in [5.74, 6) is -1.26. The molecule has 0 saturated carbocycles. The zero-order valence-electron chi connectivity index (χ0n) is 23.0. The lowest BCUT2D eigenvalue weighted by Gasteiger charge is -2.24. The number of nitrogens with zero attached hydrogens (tertiary/aromatic N) is 2. The number of hydrogen-bond donors (Lipinski definition) is 4. The smallest absolute Gasteiger partial charge is 0.407 e. The molecule has 6 atom stereocenters. The Labute approximate surface area is 240 Å². The van der Waals surface area contributed by atoms with E-state index in [-0.39, 0.29) is 18.4 Å². The van der Waals surface area contributed by atoms with E-state index < -0.39 is 60.5 Å². The van der Waals surface area contributed by atoms with Gasteiger partial charge in [0, 0.05) is 5.92 Å². The summed E-state index contributed by atoms with van der Waals surface area (Å²) in [6.07, 6.45) is -5.17. The zero-order valence-corrected chi connectivity index (χ0v) is 23.0. The Kier molecular flexibility index (Phi) is 8.52. The van der Waals surface area contributed by atoms with Crippen molar-refractivity contribution < 1.29 is 34.0 Å². The van der Waals surface area contributed by atoms with Crippen LogP contribution in [0.4, 0.5) is 4.79 Å². The lowest BCUT2D eigenvalue weighted by atomic mass is 9.98. The number of nitrogens with one attached hydrogen (secondary N) is 2. The molecule has 0 spiro atoms. The quantitative estimate of drug-likeness (QED) is 0.267. The van der Waals surface area contributed by atoms with Crippen LogP contribution in [-0.4, -0.2) is 74.6 Å². The standard InChI is InChI=1S/C29H32N4O9/c1-3-15(2)23(27(37)40-14-21-24(35)25(36)26(42-21)33-28(38)31-22(34)12-30-33)32-29(39)41-13-20-18-10-6-4-8-16(18)17-9-5-7-11-19(17)20/h4-12,15,20-21,23-26,35-36H,3,13-14H2,1-2H3,(H,32,39)(H,31,34,38)/t15-,21+,23+,24+,25+,26+/m0/s1. The Bertz CT molecular complexity index is 1530. The van der Waals surface area contributed by atoms with E-state index in [1.54, 1.807) is 6.92 Å². The van der Waals surface area contributed by atoms with Gasteiger partial charge in [0.05, 0.1) is 0 Å². The maximum atomic E-state index is 13.1. The lowest BCUT2D eigenvalue weighted by Crippen LogP contribution is -2.47. The van der Waals surface area contributed by atoms with Crippen LogP contribution in [0.5, 0.6) is 0 Å². The number of benzene rings is 2. The van der Waals surface area contributed by atoms with Crippen LogP contribution in [0.1, 0.15) is 43.5 Å². The third-order valence-corrected chi connectivity index (χ3v) is 7.79. The molecule has 1 aliphatic heterocycles. The number of aromatic amines is 1. The van der Waals surface area contributed by atoms with Crippen molar-refractivity contribution in [3.05, 3.63) is 86.7 Å². The normalized spacial score (nSPS) is 22.6. The largest absolute Gasteiger partial charge is 0.461 e. The Morgan fingerprint density at radius 1 is 1.02 bits per heavy atom. The van der Waals surface area contributed by atoms with Crippen LogP contribution < -0.4 is 16.6 Å². The van der Waals surface area contributed by atoms with Crippen LogP contribution in [0, 0.1) is 5.92 Å². The zero-order chi connectivity index (χ0) is 30.0. The molecule has 2 aliphatic rings. The molecule has 0 unspecified atom stereocenters. The molecule has 1 saturated heterocycles. The topological polar surface area (TPSA) is 182 Å². The third-order valence-electron chi connectivity index (χ3n) is 7.79. The second-order valence-corrected chi connectivity index (χ2v) is 10.4. The van der Waals surface area contributed by atoms with Crippen LogP contribution in [-0.2, 0) is 19.0 Å². The van der Waals surface area contributed by atoms with Gasteiger partial charge in [0.15, 0.2) is 6.23 Å². The molecule has 13 heteroatoms. The molecule has 0 bridgehead atoms. The summed E-state index contributed by atoms with van der Waals surface area (Å²) in [4.78, 5) is 51.2. The molecule has 1 aromatic heterocycles. The number of esters is 1. The number of H-pyrrole nitrogens is 1. The minimum Gasteiger partial charge on any atom is -0.461 e. The van der Waals surface area contributed by atoms with Gasteiger partial charge in [-0.05, 0) is 28.2 Å². The first-order valence-corrected chi connectivity index (χ1v) is 13.7. The van der Waals surface area contributed by atoms with E-state index in [0.29, 0.717) is 11.1 Å². The molecule has 3 aromatic rings. The van der Waals surface area contributed by atoms with E-state index >= 15 is 0 Å². The van der Waals surface area contributed by atoms with Crippen molar-refractivity contribution >= 4 is 12.1 Å². The second kappa shape index (κ2) is 12.3. The van der Waals surface area contributed by atoms with E-state index in [4.69, 9.17) is 14.2 Å². The third kappa shape index (κ3) is 5.71. The van der Waals surface area contributed by atoms with Gasteiger partial charge in [-0.25, -0.2) is 14.4 Å². The van der Waals surface area contributed by atoms with Gasteiger partial charge >= 0.3 is 17.8 Å². The highest BCUT2D eigenvalue weighted by atomic mass is 16.6. The Balaban J connectivity index is 1.20. The summed E-state index contributed by atoms with van der Waals surface area (Å²) < 4.78 is 17.2. The molecule has 5 rings (SSSR count).